The number of benzene rings is 2. The van der Waals surface area contributed by atoms with Crippen LogP contribution in [0.4, 0.5) is 11.4 Å². The number of nitrogens with one attached hydrogen (secondary N) is 1. The number of carbonyl (C=O) groups excluding carboxylic acids is 1. The number of nitrogen functional groups attached to an aromatic ring is 1. The number of anilines is 2. The molecule has 2 aromatic rings. The highest BCUT2D eigenvalue weighted by Gasteiger charge is 2.08. The minimum absolute atomic E-state index is 0.244. The standard InChI is InChI=1S/C20H17N3O/c21-17-10-6-15(7-11-17)16-8-12-18(13-9-16)23-20(24)19-5-3-1-2-4-14-22-19/h1-14H,21H2,(H,23,24)/b2-1?,3-1-,4-2-,5-3?,14-4?,19-5-,22-14-,22-19?. The summed E-state index contributed by atoms with van der Waals surface area (Å²) in [4.78, 5) is 16.4. The first-order valence-corrected chi connectivity index (χ1v) is 7.57. The Bertz CT molecular complexity index is 841. The van der Waals surface area contributed by atoms with Crippen molar-refractivity contribution in [1.82, 2.24) is 0 Å². The summed E-state index contributed by atoms with van der Waals surface area (Å²) in [6.07, 6.45) is 10.5. The van der Waals surface area contributed by atoms with Crippen molar-refractivity contribution >= 4 is 23.5 Å². The molecule has 0 atom stereocenters. The van der Waals surface area contributed by atoms with Crippen molar-refractivity contribution < 1.29 is 4.79 Å². The van der Waals surface area contributed by atoms with Gasteiger partial charge in [0.05, 0.1) is 0 Å². The first-order valence-electron chi connectivity index (χ1n) is 7.57. The SMILES string of the molecule is Nc1ccc(-c2ccc(NC(=O)C3=C/C=C\C=C/C=N\3)cc2)cc1. The van der Waals surface area contributed by atoms with E-state index < -0.39 is 0 Å². The summed E-state index contributed by atoms with van der Waals surface area (Å²) >= 11 is 0. The molecule has 0 fully saturated rings. The van der Waals surface area contributed by atoms with Crippen molar-refractivity contribution in [2.45, 2.75) is 0 Å². The second-order valence-corrected chi connectivity index (χ2v) is 5.25. The second-order valence-electron chi connectivity index (χ2n) is 5.25. The van der Waals surface area contributed by atoms with Gasteiger partial charge in [-0.05, 0) is 47.5 Å². The van der Waals surface area contributed by atoms with Gasteiger partial charge in [-0.25, -0.2) is 0 Å². The third-order valence-electron chi connectivity index (χ3n) is 3.51. The predicted octanol–water partition coefficient (Wildman–Crippen LogP) is 3.96. The maximum atomic E-state index is 12.3. The fourth-order valence-electron chi connectivity index (χ4n) is 2.24. The van der Waals surface area contributed by atoms with Gasteiger partial charge in [-0.15, -0.1) is 0 Å². The molecule has 4 heteroatoms. The quantitative estimate of drug-likeness (QED) is 0.842. The molecule has 2 aromatic carbocycles. The molecule has 1 heterocycles. The molecule has 0 bridgehead atoms. The molecule has 0 spiro atoms. The van der Waals surface area contributed by atoms with Crippen LogP contribution in [0.3, 0.4) is 0 Å². The van der Waals surface area contributed by atoms with Gasteiger partial charge < -0.3 is 11.1 Å². The molecule has 0 saturated heterocycles. The topological polar surface area (TPSA) is 67.5 Å². The Morgan fingerprint density at radius 1 is 0.833 bits per heavy atom. The molecule has 4 nitrogen and oxygen atoms in total. The average molecular weight is 315 g/mol. The maximum absolute atomic E-state index is 12.3. The van der Waals surface area contributed by atoms with Gasteiger partial charge in [0.1, 0.15) is 5.70 Å². The van der Waals surface area contributed by atoms with E-state index in [1.54, 1.807) is 24.4 Å². The molecule has 0 saturated carbocycles. The van der Waals surface area contributed by atoms with Crippen LogP contribution in [0.2, 0.25) is 0 Å². The molecule has 1 aliphatic heterocycles. The number of hydrogen-bond donors (Lipinski definition) is 2. The van der Waals surface area contributed by atoms with Crippen LogP contribution in [0.1, 0.15) is 0 Å². The van der Waals surface area contributed by atoms with Gasteiger partial charge >= 0.3 is 0 Å². The van der Waals surface area contributed by atoms with E-state index in [0.717, 1.165) is 22.5 Å². The summed E-state index contributed by atoms with van der Waals surface area (Å²) in [5.41, 5.74) is 9.65. The highest BCUT2D eigenvalue weighted by atomic mass is 16.2. The van der Waals surface area contributed by atoms with Gasteiger partial charge in [-0.3, -0.25) is 9.79 Å². The minimum atomic E-state index is -0.244. The van der Waals surface area contributed by atoms with Crippen LogP contribution in [-0.4, -0.2) is 12.1 Å². The number of aliphatic imine (C=N–C) groups is 1. The minimum Gasteiger partial charge on any atom is -0.399 e. The second kappa shape index (κ2) is 7.24. The molecule has 1 amide bonds. The summed E-state index contributed by atoms with van der Waals surface area (Å²) in [5.74, 6) is -0.244. The summed E-state index contributed by atoms with van der Waals surface area (Å²) in [6, 6.07) is 15.3. The molecular formula is C20H17N3O. The third-order valence-corrected chi connectivity index (χ3v) is 3.51. The lowest BCUT2D eigenvalue weighted by molar-refractivity contribution is -0.112. The molecule has 0 radical (unpaired) electrons. The Labute approximate surface area is 140 Å². The Kier molecular flexibility index (Phi) is 4.68. The summed E-state index contributed by atoms with van der Waals surface area (Å²) in [6.45, 7) is 0. The van der Waals surface area contributed by atoms with Crippen molar-refractivity contribution in [1.29, 1.82) is 0 Å². The lowest BCUT2D eigenvalue weighted by atomic mass is 10.1. The number of nitrogens with zero attached hydrogens (tertiary/aromatic N) is 1. The lowest BCUT2D eigenvalue weighted by Crippen LogP contribution is -2.13. The molecule has 24 heavy (non-hydrogen) atoms. The van der Waals surface area contributed by atoms with E-state index in [0.29, 0.717) is 5.70 Å². The highest BCUT2D eigenvalue weighted by molar-refractivity contribution is 6.05. The first-order chi connectivity index (χ1) is 11.7. The van der Waals surface area contributed by atoms with E-state index in [9.17, 15) is 4.79 Å². The van der Waals surface area contributed by atoms with E-state index >= 15 is 0 Å². The number of rotatable bonds is 3. The monoisotopic (exact) mass is 315 g/mol. The summed E-state index contributed by atoms with van der Waals surface area (Å²) in [7, 11) is 0. The molecule has 0 unspecified atom stereocenters. The number of hydrogen-bond acceptors (Lipinski definition) is 3. The van der Waals surface area contributed by atoms with Gasteiger partial charge in [0, 0.05) is 17.6 Å². The van der Waals surface area contributed by atoms with Crippen LogP contribution in [0, 0.1) is 0 Å². The average Bonchev–Trinajstić information content (AvgIpc) is 2.56. The zero-order chi connectivity index (χ0) is 16.8. The van der Waals surface area contributed by atoms with Crippen LogP contribution < -0.4 is 11.1 Å². The molecule has 0 aromatic heterocycles. The van der Waals surface area contributed by atoms with E-state index in [-0.39, 0.29) is 5.91 Å². The van der Waals surface area contributed by atoms with Crippen LogP contribution in [0.15, 0.2) is 89.6 Å². The lowest BCUT2D eigenvalue weighted by Gasteiger charge is -2.07. The van der Waals surface area contributed by atoms with Gasteiger partial charge in [0.2, 0.25) is 0 Å². The Hall–Kier alpha value is -3.40. The van der Waals surface area contributed by atoms with E-state index in [4.69, 9.17) is 5.73 Å². The predicted molar refractivity (Wildman–Crippen MR) is 99.8 cm³/mol. The van der Waals surface area contributed by atoms with Gasteiger partial charge in [0.25, 0.3) is 5.91 Å². The third kappa shape index (κ3) is 3.87. The number of amides is 1. The molecule has 3 rings (SSSR count). The largest absolute Gasteiger partial charge is 0.399 e. The van der Waals surface area contributed by atoms with Crippen molar-refractivity contribution in [3.05, 3.63) is 84.6 Å². The normalized spacial score (nSPS) is 19.2. The van der Waals surface area contributed by atoms with Crippen LogP contribution in [0.5, 0.6) is 0 Å². The molecule has 3 N–H and O–H groups in total. The Balaban J connectivity index is 1.72. The van der Waals surface area contributed by atoms with Crippen LogP contribution >= 0.6 is 0 Å². The Morgan fingerprint density at radius 3 is 2.17 bits per heavy atom. The number of carbonyl (C=O) groups is 1. The fraction of sp³-hybridized carbons (Fsp3) is 0. The zero-order valence-corrected chi connectivity index (χ0v) is 13.0. The first kappa shape index (κ1) is 15.5. The molecular weight excluding hydrogens is 298 g/mol. The Morgan fingerprint density at radius 2 is 1.46 bits per heavy atom. The fourth-order valence-corrected chi connectivity index (χ4v) is 2.24. The molecule has 0 aliphatic carbocycles. The van der Waals surface area contributed by atoms with Crippen molar-refractivity contribution in [2.75, 3.05) is 11.1 Å². The summed E-state index contributed by atoms with van der Waals surface area (Å²) in [5, 5.41) is 2.85. The summed E-state index contributed by atoms with van der Waals surface area (Å²) < 4.78 is 0. The van der Waals surface area contributed by atoms with E-state index in [1.807, 2.05) is 60.7 Å². The van der Waals surface area contributed by atoms with Gasteiger partial charge in [-0.2, -0.15) is 0 Å². The van der Waals surface area contributed by atoms with Crippen molar-refractivity contribution in [3.63, 3.8) is 0 Å². The van der Waals surface area contributed by atoms with Crippen LogP contribution in [-0.2, 0) is 4.79 Å². The van der Waals surface area contributed by atoms with Gasteiger partial charge in [0.15, 0.2) is 0 Å². The van der Waals surface area contributed by atoms with Gasteiger partial charge in [-0.1, -0.05) is 42.5 Å². The van der Waals surface area contributed by atoms with Crippen molar-refractivity contribution in [2.24, 2.45) is 4.99 Å². The van der Waals surface area contributed by atoms with E-state index in [2.05, 4.69) is 10.3 Å². The molecule has 1 aliphatic rings. The van der Waals surface area contributed by atoms with Crippen molar-refractivity contribution in [3.8, 4) is 11.1 Å². The molecule has 118 valence electrons. The number of allylic oxidation sites excluding steroid dienone is 5. The zero-order valence-electron chi connectivity index (χ0n) is 13.0. The smallest absolute Gasteiger partial charge is 0.274 e. The highest BCUT2D eigenvalue weighted by Crippen LogP contribution is 2.22. The number of nitrogens with two attached hydrogens (primary N) is 1. The maximum Gasteiger partial charge on any atom is 0.274 e. The van der Waals surface area contributed by atoms with Crippen LogP contribution in [0.25, 0.3) is 11.1 Å². The van der Waals surface area contributed by atoms with E-state index in [1.165, 1.54) is 0 Å².